The largest absolute Gasteiger partial charge is 0.391 e. The number of benzene rings is 2. The van der Waals surface area contributed by atoms with Crippen molar-refractivity contribution in [1.29, 1.82) is 5.26 Å². The first kappa shape index (κ1) is 16.3. The van der Waals surface area contributed by atoms with Crippen LogP contribution in [-0.2, 0) is 11.4 Å². The Bertz CT molecular complexity index is 722. The van der Waals surface area contributed by atoms with E-state index >= 15 is 0 Å². The van der Waals surface area contributed by atoms with Gasteiger partial charge in [0.05, 0.1) is 17.8 Å². The highest BCUT2D eigenvalue weighted by Crippen LogP contribution is 2.32. The molecule has 3 nitrogen and oxygen atoms in total. The van der Waals surface area contributed by atoms with Gasteiger partial charge in [-0.15, -0.1) is 0 Å². The monoisotopic (exact) mass is 318 g/mol. The lowest BCUT2D eigenvalue weighted by atomic mass is 9.84. The standard InChI is InChI=1S/C21H22N2O/c22-14-20-8-4-5-9-21(20)16-24-23-15-17-10-12-19(13-11-17)18-6-2-1-3-7-18/h4-5,8-13,15,18H,1-3,6-7,16H2. The van der Waals surface area contributed by atoms with Crippen molar-refractivity contribution in [3.8, 4) is 6.07 Å². The second-order valence-electron chi connectivity index (χ2n) is 6.28. The van der Waals surface area contributed by atoms with E-state index in [1.165, 1.54) is 37.7 Å². The Hall–Kier alpha value is -2.60. The predicted octanol–water partition coefficient (Wildman–Crippen LogP) is 5.16. The zero-order valence-corrected chi connectivity index (χ0v) is 13.8. The van der Waals surface area contributed by atoms with Crippen molar-refractivity contribution in [2.75, 3.05) is 0 Å². The summed E-state index contributed by atoms with van der Waals surface area (Å²) in [6, 6.07) is 18.2. The average molecular weight is 318 g/mol. The highest BCUT2D eigenvalue weighted by molar-refractivity contribution is 5.79. The summed E-state index contributed by atoms with van der Waals surface area (Å²) in [7, 11) is 0. The lowest BCUT2D eigenvalue weighted by Gasteiger charge is -2.21. The van der Waals surface area contributed by atoms with Crippen LogP contribution in [-0.4, -0.2) is 6.21 Å². The Morgan fingerprint density at radius 1 is 1.04 bits per heavy atom. The number of hydrogen-bond acceptors (Lipinski definition) is 3. The molecule has 122 valence electrons. The molecule has 0 radical (unpaired) electrons. The second kappa shape index (κ2) is 8.31. The highest BCUT2D eigenvalue weighted by atomic mass is 16.6. The van der Waals surface area contributed by atoms with Crippen LogP contribution in [0.1, 0.15) is 60.3 Å². The van der Waals surface area contributed by atoms with E-state index in [0.29, 0.717) is 12.2 Å². The first-order chi connectivity index (χ1) is 11.9. The van der Waals surface area contributed by atoms with Crippen LogP contribution < -0.4 is 0 Å². The van der Waals surface area contributed by atoms with Crippen molar-refractivity contribution >= 4 is 6.21 Å². The molecule has 2 aromatic carbocycles. The van der Waals surface area contributed by atoms with Crippen LogP contribution in [0.2, 0.25) is 0 Å². The van der Waals surface area contributed by atoms with Crippen LogP contribution in [0.15, 0.2) is 53.7 Å². The van der Waals surface area contributed by atoms with Gasteiger partial charge in [-0.3, -0.25) is 0 Å². The SMILES string of the molecule is N#Cc1ccccc1CON=Cc1ccc(C2CCCCC2)cc1. The third-order valence-electron chi connectivity index (χ3n) is 4.65. The van der Waals surface area contributed by atoms with Gasteiger partial charge in [-0.25, -0.2) is 0 Å². The molecule has 2 aromatic rings. The molecular formula is C21H22N2O. The van der Waals surface area contributed by atoms with E-state index < -0.39 is 0 Å². The molecule has 0 N–H and O–H groups in total. The van der Waals surface area contributed by atoms with Gasteiger partial charge in [0.1, 0.15) is 6.61 Å². The van der Waals surface area contributed by atoms with Gasteiger partial charge in [-0.1, -0.05) is 66.9 Å². The summed E-state index contributed by atoms with van der Waals surface area (Å²) in [4.78, 5) is 5.33. The van der Waals surface area contributed by atoms with E-state index in [2.05, 4.69) is 35.5 Å². The van der Waals surface area contributed by atoms with Crippen molar-refractivity contribution in [3.63, 3.8) is 0 Å². The van der Waals surface area contributed by atoms with Gasteiger partial charge < -0.3 is 4.84 Å². The van der Waals surface area contributed by atoms with Gasteiger partial charge in [-0.05, 0) is 36.0 Å². The fraction of sp³-hybridized carbons (Fsp3) is 0.333. The van der Waals surface area contributed by atoms with Crippen LogP contribution in [0.4, 0.5) is 0 Å². The van der Waals surface area contributed by atoms with E-state index in [0.717, 1.165) is 17.0 Å². The average Bonchev–Trinajstić information content (AvgIpc) is 2.67. The second-order valence-corrected chi connectivity index (χ2v) is 6.28. The van der Waals surface area contributed by atoms with Gasteiger partial charge >= 0.3 is 0 Å². The van der Waals surface area contributed by atoms with Crippen LogP contribution in [0.25, 0.3) is 0 Å². The lowest BCUT2D eigenvalue weighted by molar-refractivity contribution is 0.132. The molecule has 0 amide bonds. The summed E-state index contributed by atoms with van der Waals surface area (Å²) in [6.07, 6.45) is 8.44. The van der Waals surface area contributed by atoms with E-state index in [1.807, 2.05) is 18.2 Å². The Labute approximate surface area is 143 Å². The molecule has 24 heavy (non-hydrogen) atoms. The van der Waals surface area contributed by atoms with Gasteiger partial charge in [0.15, 0.2) is 0 Å². The molecule has 3 rings (SSSR count). The molecular weight excluding hydrogens is 296 g/mol. The molecule has 0 spiro atoms. The fourth-order valence-corrected chi connectivity index (χ4v) is 3.25. The van der Waals surface area contributed by atoms with Crippen molar-refractivity contribution in [3.05, 3.63) is 70.8 Å². The summed E-state index contributed by atoms with van der Waals surface area (Å²) in [5.74, 6) is 0.725. The van der Waals surface area contributed by atoms with Crippen molar-refractivity contribution < 1.29 is 4.84 Å². The maximum Gasteiger partial charge on any atom is 0.143 e. The number of oxime groups is 1. The van der Waals surface area contributed by atoms with Gasteiger partial charge in [0.2, 0.25) is 0 Å². The first-order valence-corrected chi connectivity index (χ1v) is 8.60. The van der Waals surface area contributed by atoms with E-state index in [1.54, 1.807) is 12.3 Å². The van der Waals surface area contributed by atoms with Crippen LogP contribution in [0, 0.1) is 11.3 Å². The molecule has 0 unspecified atom stereocenters. The zero-order chi connectivity index (χ0) is 16.6. The van der Waals surface area contributed by atoms with Crippen LogP contribution in [0.3, 0.4) is 0 Å². The molecule has 0 aliphatic heterocycles. The molecule has 1 fully saturated rings. The number of rotatable bonds is 5. The highest BCUT2D eigenvalue weighted by Gasteiger charge is 2.14. The minimum Gasteiger partial charge on any atom is -0.391 e. The normalized spacial score (nSPS) is 15.3. The Balaban J connectivity index is 1.54. The quantitative estimate of drug-likeness (QED) is 0.565. The molecule has 0 atom stereocenters. The van der Waals surface area contributed by atoms with E-state index in [9.17, 15) is 0 Å². The molecule has 0 heterocycles. The molecule has 0 saturated heterocycles. The summed E-state index contributed by atoms with van der Waals surface area (Å²) in [5, 5.41) is 13.1. The fourth-order valence-electron chi connectivity index (χ4n) is 3.25. The van der Waals surface area contributed by atoms with Crippen molar-refractivity contribution in [2.45, 2.75) is 44.6 Å². The Morgan fingerprint density at radius 3 is 2.54 bits per heavy atom. The maximum atomic E-state index is 9.04. The van der Waals surface area contributed by atoms with Crippen LogP contribution in [0.5, 0.6) is 0 Å². The summed E-state index contributed by atoms with van der Waals surface area (Å²) < 4.78 is 0. The number of nitriles is 1. The minimum atomic E-state index is 0.306. The minimum absolute atomic E-state index is 0.306. The number of hydrogen-bond donors (Lipinski definition) is 0. The van der Waals surface area contributed by atoms with Gasteiger partial charge in [0.25, 0.3) is 0 Å². The van der Waals surface area contributed by atoms with Gasteiger partial charge in [0, 0.05) is 5.56 Å². The molecule has 1 aliphatic carbocycles. The van der Waals surface area contributed by atoms with Gasteiger partial charge in [-0.2, -0.15) is 5.26 Å². The molecule has 1 saturated carbocycles. The zero-order valence-electron chi connectivity index (χ0n) is 13.8. The van der Waals surface area contributed by atoms with E-state index in [-0.39, 0.29) is 0 Å². The van der Waals surface area contributed by atoms with E-state index in [4.69, 9.17) is 10.1 Å². The lowest BCUT2D eigenvalue weighted by Crippen LogP contribution is -2.04. The number of nitrogens with zero attached hydrogens (tertiary/aromatic N) is 2. The molecule has 1 aliphatic rings. The van der Waals surface area contributed by atoms with Crippen molar-refractivity contribution in [2.24, 2.45) is 5.16 Å². The third-order valence-corrected chi connectivity index (χ3v) is 4.65. The van der Waals surface area contributed by atoms with Crippen LogP contribution >= 0.6 is 0 Å². The Kier molecular flexibility index (Phi) is 5.63. The topological polar surface area (TPSA) is 45.4 Å². The summed E-state index contributed by atoms with van der Waals surface area (Å²) >= 11 is 0. The summed E-state index contributed by atoms with van der Waals surface area (Å²) in [6.45, 7) is 0.306. The first-order valence-electron chi connectivity index (χ1n) is 8.60. The summed E-state index contributed by atoms with van der Waals surface area (Å²) in [5.41, 5.74) is 3.95. The molecule has 0 aromatic heterocycles. The third kappa shape index (κ3) is 4.23. The maximum absolute atomic E-state index is 9.04. The Morgan fingerprint density at radius 2 is 1.79 bits per heavy atom. The molecule has 0 bridgehead atoms. The van der Waals surface area contributed by atoms with Crippen molar-refractivity contribution in [1.82, 2.24) is 0 Å². The smallest absolute Gasteiger partial charge is 0.143 e. The molecule has 3 heteroatoms. The predicted molar refractivity (Wildman–Crippen MR) is 95.8 cm³/mol.